The Bertz CT molecular complexity index is 2530. The van der Waals surface area contributed by atoms with Crippen LogP contribution >= 0.6 is 45.2 Å². The molecule has 7 aliphatic rings. The quantitative estimate of drug-likeness (QED) is 0.0185. The molecule has 9 rings (SSSR count). The summed E-state index contributed by atoms with van der Waals surface area (Å²) >= 11 is 4.24. The number of esters is 1. The lowest BCUT2D eigenvalue weighted by Gasteiger charge is -2.65. The minimum Gasteiger partial charge on any atom is -0.458 e. The first-order valence-corrected chi connectivity index (χ1v) is 30.7. The zero-order valence-corrected chi connectivity index (χ0v) is 50.9. The average molecular weight is 1360 g/mol. The molecule has 4 aliphatic carbocycles. The highest BCUT2D eigenvalue weighted by Crippen LogP contribution is 2.70. The largest absolute Gasteiger partial charge is 0.458 e. The van der Waals surface area contributed by atoms with Gasteiger partial charge in [-0.1, -0.05) is 24.2 Å². The highest BCUT2D eigenvalue weighted by molar-refractivity contribution is 14.1. The van der Waals surface area contributed by atoms with Crippen molar-refractivity contribution in [2.24, 2.45) is 44.8 Å². The number of ether oxygens (including phenoxy) is 7. The summed E-state index contributed by atoms with van der Waals surface area (Å²) < 4.78 is 45.1. The van der Waals surface area contributed by atoms with E-state index in [0.717, 1.165) is 56.5 Å². The fourth-order valence-corrected chi connectivity index (χ4v) is 15.4. The van der Waals surface area contributed by atoms with Gasteiger partial charge in [0.25, 0.3) is 11.8 Å². The molecule has 26 heteroatoms. The molecule has 2 aromatic heterocycles. The SMILES string of the molecule is CC(/C=N/OCC(=O)NCCc1[nH]cnc1[125I])OC(C/C=N/OCC(=O)NCCc1[nH]cnc1[125I])OC1C(O)CC(OC2C(O)CC(OC3CCC4(C)C(CCC5C4CC(O)C4(C)C(C6=CC(=O)OC6)CCC54O)C3)OC2C)OC1C. The number of fused-ring (bicyclic) bond motifs is 5. The van der Waals surface area contributed by atoms with E-state index in [1.165, 1.54) is 12.4 Å². The van der Waals surface area contributed by atoms with E-state index in [1.54, 1.807) is 32.6 Å². The smallest absolute Gasteiger partial charge is 0.331 e. The Labute approximate surface area is 499 Å². The Morgan fingerprint density at radius 1 is 0.840 bits per heavy atom. The number of amides is 2. The van der Waals surface area contributed by atoms with Crippen molar-refractivity contribution >= 4 is 75.4 Å². The maximum atomic E-state index is 12.7. The van der Waals surface area contributed by atoms with Crippen molar-refractivity contribution in [2.45, 2.75) is 197 Å². The van der Waals surface area contributed by atoms with Gasteiger partial charge in [0.05, 0.1) is 67.2 Å². The maximum Gasteiger partial charge on any atom is 0.331 e. The first-order valence-electron chi connectivity index (χ1n) is 28.5. The zero-order valence-electron chi connectivity index (χ0n) is 46.6. The van der Waals surface area contributed by atoms with Gasteiger partial charge >= 0.3 is 5.97 Å². The van der Waals surface area contributed by atoms with Crippen LogP contribution in [0.2, 0.25) is 0 Å². The molecule has 5 heterocycles. The molecule has 8 N–H and O–H groups in total. The van der Waals surface area contributed by atoms with Gasteiger partial charge in [-0.2, -0.15) is 0 Å². The average Bonchev–Trinajstić information content (AvgIpc) is 3.43. The van der Waals surface area contributed by atoms with Crippen LogP contribution in [-0.4, -0.2) is 183 Å². The summed E-state index contributed by atoms with van der Waals surface area (Å²) in [4.78, 5) is 61.7. The number of cyclic esters (lactones) is 1. The number of aliphatic hydroxyl groups excluding tert-OH is 3. The van der Waals surface area contributed by atoms with Gasteiger partial charge in [-0.15, -0.1) is 0 Å². The molecule has 0 radical (unpaired) electrons. The lowest BCUT2D eigenvalue weighted by atomic mass is 9.42. The van der Waals surface area contributed by atoms with Crippen LogP contribution in [0, 0.1) is 41.9 Å². The molecule has 81 heavy (non-hydrogen) atoms. The normalized spacial score (nSPS) is 37.5. The van der Waals surface area contributed by atoms with Gasteiger partial charge in [0, 0.05) is 74.3 Å². The number of oxime groups is 2. The summed E-state index contributed by atoms with van der Waals surface area (Å²) in [7, 11) is 0. The molecule has 19 atom stereocenters. The van der Waals surface area contributed by atoms with Crippen molar-refractivity contribution in [2.75, 3.05) is 32.9 Å². The summed E-state index contributed by atoms with van der Waals surface area (Å²) in [6.07, 6.45) is 5.86. The maximum absolute atomic E-state index is 12.7. The zero-order chi connectivity index (χ0) is 57.6. The Morgan fingerprint density at radius 3 is 2.07 bits per heavy atom. The highest BCUT2D eigenvalue weighted by Gasteiger charge is 2.71. The molecule has 0 bridgehead atoms. The van der Waals surface area contributed by atoms with Gasteiger partial charge in [-0.05, 0) is 152 Å². The molecule has 24 nitrogen and oxygen atoms in total. The van der Waals surface area contributed by atoms with Gasteiger partial charge in [0.15, 0.2) is 32.1 Å². The molecule has 3 aliphatic heterocycles. The number of carbonyl (C=O) groups excluding carboxylic acids is 3. The number of nitrogens with one attached hydrogen (secondary N) is 4. The number of hydrogen-bond donors (Lipinski definition) is 8. The highest BCUT2D eigenvalue weighted by atomic mass is 125. The van der Waals surface area contributed by atoms with Crippen molar-refractivity contribution in [3.8, 4) is 0 Å². The fraction of sp³-hybridized carbons (Fsp3) is 0.764. The van der Waals surface area contributed by atoms with Crippen LogP contribution in [0.1, 0.15) is 117 Å². The van der Waals surface area contributed by atoms with E-state index in [9.17, 15) is 34.8 Å². The number of halogens is 2. The Morgan fingerprint density at radius 2 is 1.47 bits per heavy atom. The Balaban J connectivity index is 0.734. The first kappa shape index (κ1) is 62.1. The van der Waals surface area contributed by atoms with E-state index < -0.39 is 78.7 Å². The molecular weight excluding hydrogens is 1280 g/mol. The van der Waals surface area contributed by atoms with E-state index in [2.05, 4.69) is 93.0 Å². The van der Waals surface area contributed by atoms with E-state index >= 15 is 0 Å². The molecule has 4 saturated carbocycles. The number of rotatable bonds is 24. The van der Waals surface area contributed by atoms with Gasteiger partial charge < -0.3 is 83.9 Å². The van der Waals surface area contributed by atoms with E-state index in [1.807, 2.05) is 13.8 Å². The fourth-order valence-electron chi connectivity index (χ4n) is 14.3. The van der Waals surface area contributed by atoms with Crippen molar-refractivity contribution < 1.29 is 77.6 Å². The van der Waals surface area contributed by atoms with E-state index in [0.29, 0.717) is 51.1 Å². The van der Waals surface area contributed by atoms with Crippen LogP contribution in [0.3, 0.4) is 0 Å². The Kier molecular flexibility index (Phi) is 20.9. The molecule has 450 valence electrons. The number of aliphatic hydroxyl groups is 4. The summed E-state index contributed by atoms with van der Waals surface area (Å²) in [6.45, 7) is 9.97. The number of aromatic nitrogens is 4. The third-order valence-corrected chi connectivity index (χ3v) is 20.4. The van der Waals surface area contributed by atoms with Gasteiger partial charge in [0.1, 0.15) is 26.2 Å². The lowest BCUT2D eigenvalue weighted by Crippen LogP contribution is -2.67. The third kappa shape index (κ3) is 14.3. The number of nitrogens with zero attached hydrogens (tertiary/aromatic N) is 4. The number of hydrogen-bond acceptors (Lipinski definition) is 20. The number of imidazole rings is 2. The Hall–Kier alpha value is -3.43. The number of carbonyl (C=O) groups is 3. The molecule has 2 aromatic rings. The van der Waals surface area contributed by atoms with Crippen LogP contribution in [-0.2, 0) is 70.1 Å². The van der Waals surface area contributed by atoms with Crippen molar-refractivity contribution in [1.29, 1.82) is 0 Å². The van der Waals surface area contributed by atoms with Crippen molar-refractivity contribution in [3.63, 3.8) is 0 Å². The first-order chi connectivity index (χ1) is 38.7. The molecule has 6 fully saturated rings. The number of aromatic amines is 2. The predicted octanol–water partition coefficient (Wildman–Crippen LogP) is 3.86. The van der Waals surface area contributed by atoms with Crippen molar-refractivity contribution in [3.05, 3.63) is 43.1 Å². The van der Waals surface area contributed by atoms with Gasteiger partial charge in [-0.25, -0.2) is 14.8 Å². The van der Waals surface area contributed by atoms with Crippen LogP contribution in [0.5, 0.6) is 0 Å². The molecule has 19 unspecified atom stereocenters. The second-order valence-corrected chi connectivity index (χ2v) is 25.4. The van der Waals surface area contributed by atoms with Crippen LogP contribution in [0.25, 0.3) is 0 Å². The monoisotopic (exact) mass is 1360 g/mol. The van der Waals surface area contributed by atoms with Gasteiger partial charge in [0.2, 0.25) is 0 Å². The van der Waals surface area contributed by atoms with E-state index in [-0.39, 0.29) is 86.1 Å². The predicted molar refractivity (Wildman–Crippen MR) is 306 cm³/mol. The molecule has 0 spiro atoms. The second-order valence-electron chi connectivity index (χ2n) is 23.4. The van der Waals surface area contributed by atoms with Crippen LogP contribution < -0.4 is 10.6 Å². The van der Waals surface area contributed by atoms with Crippen LogP contribution in [0.4, 0.5) is 0 Å². The molecule has 2 amide bonds. The second kappa shape index (κ2) is 27.3. The minimum atomic E-state index is -1.09. The van der Waals surface area contributed by atoms with Crippen molar-refractivity contribution in [1.82, 2.24) is 30.6 Å². The topological polar surface area (TPSA) is 321 Å². The standard InChI is InChI=1S/C55H80I2N8O16/c1-29(23-65-75-26-44(70)59-16-11-39-52(57)63-28-61-39)76-46(12-17-64-74-25-43(69)58-15-10-38-51(56)62-27-60-38)80-49-30(2)78-48(22-41(49)67)81-50-31(3)77-47(21-40(50)66)79-34-8-13-53(4)33(19-34)6-7-36-37(53)20-42(68)54(5)35(9-14-55(36,54)72)32-18-45(71)73-24-32/h17-18,23,27-31,33-37,40-42,46-50,66-68,72H,6-16,19-22,24-26H2,1-5H3,(H,58,69)(H,59,70)(H,60,62)(H,61,63)/b64-17+,65-23+/i56-2,57-2. The summed E-state index contributed by atoms with van der Waals surface area (Å²) in [5, 5.41) is 61.2. The lowest BCUT2D eigenvalue weighted by molar-refractivity contribution is -0.328. The van der Waals surface area contributed by atoms with E-state index in [4.69, 9.17) is 42.8 Å². The minimum absolute atomic E-state index is 0.00382. The molecular formula is C55H80I2N8O16. The molecule has 0 aromatic carbocycles. The summed E-state index contributed by atoms with van der Waals surface area (Å²) in [5.41, 5.74) is 0.817. The number of H-pyrrole nitrogens is 2. The summed E-state index contributed by atoms with van der Waals surface area (Å²) in [6, 6.07) is 0. The molecule has 2 saturated heterocycles. The van der Waals surface area contributed by atoms with Crippen LogP contribution in [0.15, 0.2) is 34.6 Å². The summed E-state index contributed by atoms with van der Waals surface area (Å²) in [5.74, 6) is -0.671. The third-order valence-electron chi connectivity index (χ3n) is 18.6. The van der Waals surface area contributed by atoms with Gasteiger partial charge in [-0.3, -0.25) is 9.59 Å².